The Morgan fingerprint density at radius 1 is 0.875 bits per heavy atom. The SMILES string of the molecule is CCc1cc(C(C)(C)C)[c]c(C(C)(C)C)c1. The Morgan fingerprint density at radius 3 is 1.50 bits per heavy atom. The number of hydrogen-bond donors (Lipinski definition) is 0. The second-order valence-corrected chi connectivity index (χ2v) is 6.67. The molecule has 0 atom stereocenters. The van der Waals surface area contributed by atoms with Crippen molar-refractivity contribution in [1.29, 1.82) is 0 Å². The second kappa shape index (κ2) is 4.24. The van der Waals surface area contributed by atoms with Crippen LogP contribution in [0.1, 0.15) is 65.2 Å². The Kier molecular flexibility index (Phi) is 3.52. The van der Waals surface area contributed by atoms with E-state index in [2.05, 4.69) is 66.7 Å². The molecule has 0 nitrogen and oxygen atoms in total. The maximum absolute atomic E-state index is 3.60. The minimum Gasteiger partial charge on any atom is -0.0613 e. The molecule has 0 saturated heterocycles. The fraction of sp³-hybridized carbons (Fsp3) is 0.625. The van der Waals surface area contributed by atoms with Crippen LogP contribution in [0, 0.1) is 6.07 Å². The highest BCUT2D eigenvalue weighted by molar-refractivity contribution is 5.36. The summed E-state index contributed by atoms with van der Waals surface area (Å²) < 4.78 is 0. The molecule has 1 aromatic rings. The standard InChI is InChI=1S/C16H25/c1-8-12-9-13(15(2,3)4)11-14(10-12)16(5,6)7/h9-10H,8H2,1-7H3. The molecule has 0 aliphatic rings. The van der Waals surface area contributed by atoms with Crippen molar-refractivity contribution in [3.63, 3.8) is 0 Å². The summed E-state index contributed by atoms with van der Waals surface area (Å²) in [6.45, 7) is 15.7. The van der Waals surface area contributed by atoms with E-state index in [-0.39, 0.29) is 10.8 Å². The summed E-state index contributed by atoms with van der Waals surface area (Å²) >= 11 is 0. The van der Waals surface area contributed by atoms with Gasteiger partial charge in [0.05, 0.1) is 0 Å². The van der Waals surface area contributed by atoms with Gasteiger partial charge in [0, 0.05) is 0 Å². The van der Waals surface area contributed by atoms with Gasteiger partial charge in [-0.3, -0.25) is 0 Å². The molecule has 0 heterocycles. The van der Waals surface area contributed by atoms with Gasteiger partial charge in [-0.1, -0.05) is 60.6 Å². The van der Waals surface area contributed by atoms with Gasteiger partial charge in [0.25, 0.3) is 0 Å². The molecule has 0 aliphatic carbocycles. The zero-order valence-electron chi connectivity index (χ0n) is 11.9. The largest absolute Gasteiger partial charge is 0.0613 e. The third kappa shape index (κ3) is 3.10. The number of rotatable bonds is 1. The first-order valence-corrected chi connectivity index (χ1v) is 6.22. The van der Waals surface area contributed by atoms with Crippen LogP contribution >= 0.6 is 0 Å². The third-order valence-electron chi connectivity index (χ3n) is 2.95. The molecule has 16 heavy (non-hydrogen) atoms. The van der Waals surface area contributed by atoms with E-state index in [1.165, 1.54) is 16.7 Å². The van der Waals surface area contributed by atoms with Gasteiger partial charge < -0.3 is 0 Å². The van der Waals surface area contributed by atoms with Crippen LogP contribution in [0.3, 0.4) is 0 Å². The van der Waals surface area contributed by atoms with Crippen molar-refractivity contribution in [3.05, 3.63) is 34.9 Å². The smallest absolute Gasteiger partial charge is 0.0103 e. The number of aryl methyl sites for hydroxylation is 1. The van der Waals surface area contributed by atoms with E-state index < -0.39 is 0 Å². The molecule has 89 valence electrons. The lowest BCUT2D eigenvalue weighted by atomic mass is 9.79. The normalized spacial score (nSPS) is 12.9. The van der Waals surface area contributed by atoms with E-state index in [1.54, 1.807) is 0 Å². The van der Waals surface area contributed by atoms with Crippen LogP contribution in [-0.4, -0.2) is 0 Å². The minimum atomic E-state index is 0.186. The molecule has 0 unspecified atom stereocenters. The van der Waals surface area contributed by atoms with Crippen molar-refractivity contribution in [2.75, 3.05) is 0 Å². The Bertz CT molecular complexity index is 326. The third-order valence-corrected chi connectivity index (χ3v) is 2.95. The highest BCUT2D eigenvalue weighted by Crippen LogP contribution is 2.29. The Balaban J connectivity index is 3.33. The van der Waals surface area contributed by atoms with Crippen molar-refractivity contribution >= 4 is 0 Å². The fourth-order valence-electron chi connectivity index (χ4n) is 1.64. The topological polar surface area (TPSA) is 0 Å². The van der Waals surface area contributed by atoms with Crippen LogP contribution in [0.5, 0.6) is 0 Å². The van der Waals surface area contributed by atoms with E-state index in [0.717, 1.165) is 6.42 Å². The van der Waals surface area contributed by atoms with Crippen molar-refractivity contribution in [3.8, 4) is 0 Å². The summed E-state index contributed by atoms with van der Waals surface area (Å²) in [6, 6.07) is 8.20. The Labute approximate surface area is 101 Å². The van der Waals surface area contributed by atoms with Crippen LogP contribution in [0.25, 0.3) is 0 Å². The summed E-state index contributed by atoms with van der Waals surface area (Å²) in [4.78, 5) is 0. The molecule has 0 saturated carbocycles. The molecule has 0 heteroatoms. The molecule has 0 bridgehead atoms. The van der Waals surface area contributed by atoms with Crippen molar-refractivity contribution in [2.24, 2.45) is 0 Å². The summed E-state index contributed by atoms with van der Waals surface area (Å²) in [6.07, 6.45) is 1.10. The Hall–Kier alpha value is -0.780. The average molecular weight is 217 g/mol. The molecule has 1 aromatic carbocycles. The Morgan fingerprint density at radius 2 is 1.25 bits per heavy atom. The number of benzene rings is 1. The zero-order valence-corrected chi connectivity index (χ0v) is 11.9. The van der Waals surface area contributed by atoms with Gasteiger partial charge in [-0.05, 0) is 40.0 Å². The molecule has 1 rings (SSSR count). The maximum Gasteiger partial charge on any atom is -0.0103 e. The van der Waals surface area contributed by atoms with Gasteiger partial charge in [-0.2, -0.15) is 0 Å². The minimum absolute atomic E-state index is 0.186. The summed E-state index contributed by atoms with van der Waals surface area (Å²) in [7, 11) is 0. The molecular weight excluding hydrogens is 192 g/mol. The zero-order chi connectivity index (χ0) is 12.6. The van der Waals surface area contributed by atoms with E-state index in [1.807, 2.05) is 0 Å². The molecule has 0 fully saturated rings. The van der Waals surface area contributed by atoms with E-state index >= 15 is 0 Å². The molecule has 0 aromatic heterocycles. The van der Waals surface area contributed by atoms with Crippen molar-refractivity contribution in [2.45, 2.75) is 65.7 Å². The molecule has 0 spiro atoms. The second-order valence-electron chi connectivity index (χ2n) is 6.67. The first kappa shape index (κ1) is 13.3. The lowest BCUT2D eigenvalue weighted by molar-refractivity contribution is 0.565. The van der Waals surface area contributed by atoms with Gasteiger partial charge >= 0.3 is 0 Å². The molecular formula is C16H25. The van der Waals surface area contributed by atoms with E-state index in [4.69, 9.17) is 0 Å². The van der Waals surface area contributed by atoms with Crippen molar-refractivity contribution < 1.29 is 0 Å². The average Bonchev–Trinajstić information content (AvgIpc) is 2.14. The molecule has 0 N–H and O–H groups in total. The molecule has 0 aliphatic heterocycles. The van der Waals surface area contributed by atoms with Crippen LogP contribution in [0.15, 0.2) is 12.1 Å². The first-order valence-electron chi connectivity index (χ1n) is 6.22. The van der Waals surface area contributed by atoms with Gasteiger partial charge in [0.2, 0.25) is 0 Å². The maximum atomic E-state index is 3.60. The van der Waals surface area contributed by atoms with E-state index in [0.29, 0.717) is 0 Å². The highest BCUT2D eigenvalue weighted by atomic mass is 14.2. The van der Waals surface area contributed by atoms with Crippen LogP contribution in [0.4, 0.5) is 0 Å². The van der Waals surface area contributed by atoms with Crippen molar-refractivity contribution in [1.82, 2.24) is 0 Å². The van der Waals surface area contributed by atoms with Crippen LogP contribution in [-0.2, 0) is 17.3 Å². The summed E-state index contributed by atoms with van der Waals surface area (Å²) in [5.74, 6) is 0. The predicted octanol–water partition coefficient (Wildman–Crippen LogP) is 4.64. The lowest BCUT2D eigenvalue weighted by Crippen LogP contribution is -2.17. The summed E-state index contributed by atoms with van der Waals surface area (Å²) in [5, 5.41) is 0. The monoisotopic (exact) mass is 217 g/mol. The van der Waals surface area contributed by atoms with E-state index in [9.17, 15) is 0 Å². The fourth-order valence-corrected chi connectivity index (χ4v) is 1.64. The quantitative estimate of drug-likeness (QED) is 0.642. The molecule has 1 radical (unpaired) electrons. The van der Waals surface area contributed by atoms with Gasteiger partial charge in [-0.25, -0.2) is 0 Å². The summed E-state index contributed by atoms with van der Waals surface area (Å²) in [5.41, 5.74) is 4.46. The van der Waals surface area contributed by atoms with Crippen LogP contribution < -0.4 is 0 Å². The molecule has 0 amide bonds. The lowest BCUT2D eigenvalue weighted by Gasteiger charge is -2.25. The van der Waals surface area contributed by atoms with Gasteiger partial charge in [-0.15, -0.1) is 0 Å². The highest BCUT2D eigenvalue weighted by Gasteiger charge is 2.20. The van der Waals surface area contributed by atoms with Gasteiger partial charge in [0.1, 0.15) is 0 Å². The number of hydrogen-bond acceptors (Lipinski definition) is 0. The first-order chi connectivity index (χ1) is 7.14. The van der Waals surface area contributed by atoms with Crippen LogP contribution in [0.2, 0.25) is 0 Å². The predicted molar refractivity (Wildman–Crippen MR) is 72.1 cm³/mol. The van der Waals surface area contributed by atoms with Gasteiger partial charge in [0.15, 0.2) is 0 Å².